The van der Waals surface area contributed by atoms with Crippen LogP contribution in [0.2, 0.25) is 20.1 Å². The fourth-order valence-corrected chi connectivity index (χ4v) is 3.35. The number of hydrogen-bond acceptors (Lipinski definition) is 4. The lowest BCUT2D eigenvalue weighted by atomic mass is 10.1. The third-order valence-electron chi connectivity index (χ3n) is 3.83. The maximum atomic E-state index is 11.7. The average Bonchev–Trinajstić information content (AvgIpc) is 2.63. The third-order valence-corrected chi connectivity index (χ3v) is 5.01. The van der Waals surface area contributed by atoms with Gasteiger partial charge in [0.1, 0.15) is 0 Å². The topological polar surface area (TPSA) is 52.6 Å². The number of hydrogen-bond donors (Lipinski definition) is 0. The van der Waals surface area contributed by atoms with Crippen LogP contribution in [0.25, 0.3) is 0 Å². The Morgan fingerprint density at radius 1 is 0.679 bits per heavy atom. The number of carbonyl (C=O) groups excluding carboxylic acids is 2. The van der Waals surface area contributed by atoms with Gasteiger partial charge < -0.3 is 9.47 Å². The highest BCUT2D eigenvalue weighted by atomic mass is 35.5. The Morgan fingerprint density at radius 2 is 1.07 bits per heavy atom. The summed E-state index contributed by atoms with van der Waals surface area (Å²) in [7, 11) is 0. The van der Waals surface area contributed by atoms with Crippen molar-refractivity contribution in [3.05, 3.63) is 67.6 Å². The molecule has 0 aliphatic rings. The van der Waals surface area contributed by atoms with E-state index in [1.165, 1.54) is 0 Å². The molecule has 0 aromatic heterocycles. The van der Waals surface area contributed by atoms with E-state index in [-0.39, 0.29) is 26.1 Å². The van der Waals surface area contributed by atoms with Gasteiger partial charge in [-0.05, 0) is 35.4 Å². The molecule has 150 valence electrons. The Labute approximate surface area is 183 Å². The minimum absolute atomic E-state index is 0.0467. The van der Waals surface area contributed by atoms with E-state index in [2.05, 4.69) is 0 Å². The van der Waals surface area contributed by atoms with Crippen molar-refractivity contribution in [2.45, 2.75) is 25.7 Å². The highest BCUT2D eigenvalue weighted by Crippen LogP contribution is 2.22. The Hall–Kier alpha value is -1.46. The van der Waals surface area contributed by atoms with Crippen molar-refractivity contribution in [1.29, 1.82) is 0 Å². The molecule has 0 aliphatic heterocycles. The van der Waals surface area contributed by atoms with Crippen LogP contribution in [-0.4, -0.2) is 25.2 Å². The predicted octanol–water partition coefficient (Wildman–Crippen LogP) is 5.95. The third kappa shape index (κ3) is 7.88. The Kier molecular flexibility index (Phi) is 9.39. The first-order valence-corrected chi connectivity index (χ1v) is 10.1. The molecule has 0 saturated carbocycles. The number of ether oxygens (including phenoxy) is 2. The molecule has 0 aliphatic carbocycles. The van der Waals surface area contributed by atoms with E-state index < -0.39 is 11.9 Å². The van der Waals surface area contributed by atoms with E-state index in [0.29, 0.717) is 32.9 Å². The van der Waals surface area contributed by atoms with Gasteiger partial charge in [0.05, 0.1) is 26.1 Å². The van der Waals surface area contributed by atoms with E-state index in [4.69, 9.17) is 55.9 Å². The van der Waals surface area contributed by atoms with Crippen LogP contribution in [0.4, 0.5) is 0 Å². The molecule has 0 spiro atoms. The molecule has 4 nitrogen and oxygen atoms in total. The van der Waals surface area contributed by atoms with Crippen molar-refractivity contribution in [2.75, 3.05) is 13.2 Å². The van der Waals surface area contributed by atoms with Crippen molar-refractivity contribution in [2.24, 2.45) is 0 Å². The van der Waals surface area contributed by atoms with E-state index in [1.54, 1.807) is 36.4 Å². The highest BCUT2D eigenvalue weighted by molar-refractivity contribution is 6.35. The number of benzene rings is 2. The normalized spacial score (nSPS) is 10.6. The fourth-order valence-electron chi connectivity index (χ4n) is 2.35. The van der Waals surface area contributed by atoms with Crippen LogP contribution in [-0.2, 0) is 31.9 Å². The minimum Gasteiger partial charge on any atom is -0.465 e. The first kappa shape index (κ1) is 22.8. The zero-order valence-corrected chi connectivity index (χ0v) is 17.9. The Balaban J connectivity index is 1.62. The first-order valence-electron chi connectivity index (χ1n) is 8.54. The molecular weight excluding hydrogens is 446 g/mol. The van der Waals surface area contributed by atoms with E-state index in [0.717, 1.165) is 11.1 Å². The summed E-state index contributed by atoms with van der Waals surface area (Å²) in [6, 6.07) is 10.3. The maximum absolute atomic E-state index is 11.7. The molecule has 0 N–H and O–H groups in total. The minimum atomic E-state index is -0.470. The fraction of sp³-hybridized carbons (Fsp3) is 0.300. The summed E-state index contributed by atoms with van der Waals surface area (Å²) >= 11 is 23.8. The van der Waals surface area contributed by atoms with E-state index >= 15 is 0 Å². The van der Waals surface area contributed by atoms with Crippen molar-refractivity contribution < 1.29 is 19.1 Å². The van der Waals surface area contributed by atoms with Crippen LogP contribution in [0.1, 0.15) is 24.0 Å². The van der Waals surface area contributed by atoms with Crippen LogP contribution >= 0.6 is 46.4 Å². The summed E-state index contributed by atoms with van der Waals surface area (Å²) in [4.78, 5) is 23.5. The molecule has 2 aromatic carbocycles. The van der Waals surface area contributed by atoms with Gasteiger partial charge in [-0.2, -0.15) is 0 Å². The smallest absolute Gasteiger partial charge is 0.306 e. The molecule has 0 fully saturated rings. The number of carbonyl (C=O) groups is 2. The van der Waals surface area contributed by atoms with Gasteiger partial charge in [-0.15, -0.1) is 0 Å². The highest BCUT2D eigenvalue weighted by Gasteiger charge is 2.10. The second-order valence-electron chi connectivity index (χ2n) is 5.91. The van der Waals surface area contributed by atoms with Gasteiger partial charge in [0.25, 0.3) is 0 Å². The van der Waals surface area contributed by atoms with Crippen LogP contribution in [0.15, 0.2) is 36.4 Å². The number of esters is 2. The number of rotatable bonds is 9. The van der Waals surface area contributed by atoms with Gasteiger partial charge in [0.15, 0.2) is 0 Å². The zero-order chi connectivity index (χ0) is 20.5. The average molecular weight is 464 g/mol. The van der Waals surface area contributed by atoms with E-state index in [1.807, 2.05) is 0 Å². The van der Waals surface area contributed by atoms with Gasteiger partial charge in [-0.1, -0.05) is 58.5 Å². The monoisotopic (exact) mass is 462 g/mol. The molecule has 0 saturated heterocycles. The van der Waals surface area contributed by atoms with Crippen molar-refractivity contribution in [1.82, 2.24) is 0 Å². The van der Waals surface area contributed by atoms with E-state index in [9.17, 15) is 9.59 Å². The first-order chi connectivity index (χ1) is 13.3. The van der Waals surface area contributed by atoms with Crippen molar-refractivity contribution >= 4 is 58.3 Å². The molecule has 0 radical (unpaired) electrons. The lowest BCUT2D eigenvalue weighted by Crippen LogP contribution is -2.13. The Morgan fingerprint density at radius 3 is 1.43 bits per heavy atom. The summed E-state index contributed by atoms with van der Waals surface area (Å²) < 4.78 is 10.2. The summed E-state index contributed by atoms with van der Waals surface area (Å²) in [5.74, 6) is -0.939. The Bertz CT molecular complexity index is 769. The molecule has 0 bridgehead atoms. The molecule has 0 unspecified atom stereocenters. The van der Waals surface area contributed by atoms with Crippen LogP contribution in [0.3, 0.4) is 0 Å². The van der Waals surface area contributed by atoms with Crippen molar-refractivity contribution in [3.8, 4) is 0 Å². The van der Waals surface area contributed by atoms with Crippen LogP contribution in [0.5, 0.6) is 0 Å². The lowest BCUT2D eigenvalue weighted by molar-refractivity contribution is -0.150. The summed E-state index contributed by atoms with van der Waals surface area (Å²) in [6.45, 7) is 0.342. The molecule has 0 atom stereocenters. The summed E-state index contributed by atoms with van der Waals surface area (Å²) in [5, 5.41) is 2.13. The summed E-state index contributed by atoms with van der Waals surface area (Å²) in [5.41, 5.74) is 1.67. The molecule has 2 rings (SSSR count). The SMILES string of the molecule is O=C(CCC(=O)OCCc1ccc(Cl)cc1Cl)OCCc1ccc(Cl)cc1Cl. The quantitative estimate of drug-likeness (QED) is 0.431. The second kappa shape index (κ2) is 11.5. The predicted molar refractivity (Wildman–Crippen MR) is 111 cm³/mol. The second-order valence-corrected chi connectivity index (χ2v) is 7.60. The van der Waals surface area contributed by atoms with Gasteiger partial charge in [0, 0.05) is 32.9 Å². The standard InChI is InChI=1S/C20H18Cl4O4/c21-15-3-1-13(17(23)11-15)7-9-27-19(25)5-6-20(26)28-10-8-14-2-4-16(22)12-18(14)24/h1-4,11-12H,5-10H2. The molecule has 0 amide bonds. The van der Waals surface area contributed by atoms with Gasteiger partial charge in [-0.3, -0.25) is 9.59 Å². The largest absolute Gasteiger partial charge is 0.465 e. The lowest BCUT2D eigenvalue weighted by Gasteiger charge is -2.08. The molecule has 8 heteroatoms. The molecule has 0 heterocycles. The molecular formula is C20H18Cl4O4. The van der Waals surface area contributed by atoms with Gasteiger partial charge in [0.2, 0.25) is 0 Å². The molecule has 2 aromatic rings. The maximum Gasteiger partial charge on any atom is 0.306 e. The molecule has 28 heavy (non-hydrogen) atoms. The van der Waals surface area contributed by atoms with Crippen LogP contribution in [0, 0.1) is 0 Å². The van der Waals surface area contributed by atoms with Gasteiger partial charge in [-0.25, -0.2) is 0 Å². The van der Waals surface area contributed by atoms with Crippen molar-refractivity contribution in [3.63, 3.8) is 0 Å². The zero-order valence-electron chi connectivity index (χ0n) is 14.9. The number of halogens is 4. The summed E-state index contributed by atoms with van der Waals surface area (Å²) in [6.07, 6.45) is 0.839. The van der Waals surface area contributed by atoms with Crippen LogP contribution < -0.4 is 0 Å². The van der Waals surface area contributed by atoms with Gasteiger partial charge >= 0.3 is 11.9 Å².